The van der Waals surface area contributed by atoms with E-state index in [-0.39, 0.29) is 24.7 Å². The van der Waals surface area contributed by atoms with Gasteiger partial charge in [0.25, 0.3) is 0 Å². The highest BCUT2D eigenvalue weighted by molar-refractivity contribution is 5.71. The average molecular weight is 235 g/mol. The minimum atomic E-state index is -0.208. The van der Waals surface area contributed by atoms with Crippen molar-refractivity contribution < 1.29 is 9.53 Å². The summed E-state index contributed by atoms with van der Waals surface area (Å²) in [5, 5.41) is 3.17. The number of hydrogen-bond acceptors (Lipinski definition) is 3. The van der Waals surface area contributed by atoms with E-state index >= 15 is 0 Å². The van der Waals surface area contributed by atoms with E-state index in [2.05, 4.69) is 24.4 Å². The number of benzene rings is 1. The molecule has 0 aromatic heterocycles. The van der Waals surface area contributed by atoms with Gasteiger partial charge in [-0.25, -0.2) is 0 Å². The average Bonchev–Trinajstić information content (AvgIpc) is 2.25. The molecule has 0 heterocycles. The van der Waals surface area contributed by atoms with Gasteiger partial charge in [-0.05, 0) is 38.8 Å². The second-order valence-corrected chi connectivity index (χ2v) is 4.50. The molecule has 0 aliphatic carbocycles. The highest BCUT2D eigenvalue weighted by Crippen LogP contribution is 2.16. The molecule has 0 bridgehead atoms. The molecule has 3 heteroatoms. The van der Waals surface area contributed by atoms with Crippen LogP contribution in [0, 0.1) is 6.92 Å². The van der Waals surface area contributed by atoms with Crippen LogP contribution in [0.25, 0.3) is 0 Å². The van der Waals surface area contributed by atoms with Crippen molar-refractivity contribution in [3.8, 4) is 0 Å². The fourth-order valence-corrected chi connectivity index (χ4v) is 1.72. The summed E-state index contributed by atoms with van der Waals surface area (Å²) in [6.07, 6.45) is -0.0573. The lowest BCUT2D eigenvalue weighted by molar-refractivity contribution is -0.146. The van der Waals surface area contributed by atoms with Crippen molar-refractivity contribution in [3.63, 3.8) is 0 Å². The van der Waals surface area contributed by atoms with Crippen LogP contribution in [0.1, 0.15) is 37.9 Å². The Morgan fingerprint density at radius 2 is 1.94 bits per heavy atom. The molecule has 17 heavy (non-hydrogen) atoms. The minimum absolute atomic E-state index is 0.0573. The standard InChI is InChI=1S/C14H21NO2/c1-10(2)17-14(16)9-15-12(4)13-8-6-5-7-11(13)3/h5-8,10,12,15H,9H2,1-4H3/t12-/m1/s1. The first-order chi connectivity index (χ1) is 8.00. The Morgan fingerprint density at radius 3 is 2.53 bits per heavy atom. The van der Waals surface area contributed by atoms with E-state index in [0.29, 0.717) is 0 Å². The summed E-state index contributed by atoms with van der Waals surface area (Å²) < 4.78 is 5.07. The molecule has 0 fully saturated rings. The number of esters is 1. The van der Waals surface area contributed by atoms with Gasteiger partial charge < -0.3 is 10.1 Å². The van der Waals surface area contributed by atoms with Gasteiger partial charge in [0.2, 0.25) is 0 Å². The molecular formula is C14H21NO2. The van der Waals surface area contributed by atoms with Crippen molar-refractivity contribution in [2.24, 2.45) is 0 Å². The van der Waals surface area contributed by atoms with Gasteiger partial charge in [0, 0.05) is 6.04 Å². The number of nitrogens with one attached hydrogen (secondary N) is 1. The van der Waals surface area contributed by atoms with Crippen molar-refractivity contribution in [2.45, 2.75) is 39.8 Å². The molecular weight excluding hydrogens is 214 g/mol. The molecule has 0 aliphatic rings. The lowest BCUT2D eigenvalue weighted by Gasteiger charge is -2.16. The lowest BCUT2D eigenvalue weighted by atomic mass is 10.0. The highest BCUT2D eigenvalue weighted by atomic mass is 16.5. The third-order valence-electron chi connectivity index (χ3n) is 2.57. The molecule has 1 aromatic carbocycles. The fourth-order valence-electron chi connectivity index (χ4n) is 1.72. The van der Waals surface area contributed by atoms with Gasteiger partial charge in [0.1, 0.15) is 0 Å². The Balaban J connectivity index is 2.48. The first-order valence-corrected chi connectivity index (χ1v) is 5.99. The Kier molecular flexibility index (Phi) is 5.16. The predicted octanol–water partition coefficient (Wildman–Crippen LogP) is 2.60. The van der Waals surface area contributed by atoms with Crippen molar-refractivity contribution in [1.82, 2.24) is 5.32 Å². The first kappa shape index (κ1) is 13.7. The van der Waals surface area contributed by atoms with Crippen LogP contribution in [0.5, 0.6) is 0 Å². The summed E-state index contributed by atoms with van der Waals surface area (Å²) in [7, 11) is 0. The largest absolute Gasteiger partial charge is 0.462 e. The Morgan fingerprint density at radius 1 is 1.29 bits per heavy atom. The summed E-state index contributed by atoms with van der Waals surface area (Å²) in [4.78, 5) is 11.4. The van der Waals surface area contributed by atoms with Crippen LogP contribution < -0.4 is 5.32 Å². The molecule has 1 N–H and O–H groups in total. The highest BCUT2D eigenvalue weighted by Gasteiger charge is 2.10. The summed E-state index contributed by atoms with van der Waals surface area (Å²) in [6, 6.07) is 8.31. The lowest BCUT2D eigenvalue weighted by Crippen LogP contribution is -2.29. The van der Waals surface area contributed by atoms with Crippen molar-refractivity contribution in [2.75, 3.05) is 6.54 Å². The van der Waals surface area contributed by atoms with Crippen LogP contribution in [0.2, 0.25) is 0 Å². The number of carbonyl (C=O) groups is 1. The number of hydrogen-bond donors (Lipinski definition) is 1. The van der Waals surface area contributed by atoms with Gasteiger partial charge in [-0.3, -0.25) is 4.79 Å². The van der Waals surface area contributed by atoms with E-state index in [4.69, 9.17) is 4.74 Å². The van der Waals surface area contributed by atoms with Crippen LogP contribution in [0.4, 0.5) is 0 Å². The second-order valence-electron chi connectivity index (χ2n) is 4.50. The van der Waals surface area contributed by atoms with Crippen molar-refractivity contribution in [1.29, 1.82) is 0 Å². The molecule has 0 radical (unpaired) electrons. The molecule has 0 saturated carbocycles. The number of ether oxygens (including phenoxy) is 1. The monoisotopic (exact) mass is 235 g/mol. The fraction of sp³-hybridized carbons (Fsp3) is 0.500. The van der Waals surface area contributed by atoms with E-state index in [9.17, 15) is 4.79 Å². The zero-order valence-electron chi connectivity index (χ0n) is 11.0. The SMILES string of the molecule is Cc1ccccc1[C@@H](C)NCC(=O)OC(C)C. The molecule has 0 aliphatic heterocycles. The normalized spacial score (nSPS) is 12.5. The molecule has 3 nitrogen and oxygen atoms in total. The molecule has 0 spiro atoms. The van der Waals surface area contributed by atoms with Crippen molar-refractivity contribution >= 4 is 5.97 Å². The molecule has 0 saturated heterocycles. The number of carbonyl (C=O) groups excluding carboxylic acids is 1. The van der Waals surface area contributed by atoms with Gasteiger partial charge in [0.15, 0.2) is 0 Å². The van der Waals surface area contributed by atoms with E-state index in [1.165, 1.54) is 11.1 Å². The molecule has 0 unspecified atom stereocenters. The van der Waals surface area contributed by atoms with E-state index in [1.54, 1.807) is 0 Å². The van der Waals surface area contributed by atoms with Crippen LogP contribution in [0.15, 0.2) is 24.3 Å². The Labute approximate surface area is 103 Å². The maximum Gasteiger partial charge on any atom is 0.320 e. The maximum absolute atomic E-state index is 11.4. The van der Waals surface area contributed by atoms with Gasteiger partial charge in [0.05, 0.1) is 12.6 Å². The van der Waals surface area contributed by atoms with Gasteiger partial charge in [-0.15, -0.1) is 0 Å². The number of aryl methyl sites for hydroxylation is 1. The van der Waals surface area contributed by atoms with Gasteiger partial charge in [-0.1, -0.05) is 24.3 Å². The topological polar surface area (TPSA) is 38.3 Å². The van der Waals surface area contributed by atoms with Crippen molar-refractivity contribution in [3.05, 3.63) is 35.4 Å². The Hall–Kier alpha value is -1.35. The summed E-state index contributed by atoms with van der Waals surface area (Å²) >= 11 is 0. The Bertz CT molecular complexity index is 374. The zero-order valence-corrected chi connectivity index (χ0v) is 11.0. The summed E-state index contributed by atoms with van der Waals surface area (Å²) in [6.45, 7) is 8.06. The predicted molar refractivity (Wildman–Crippen MR) is 68.8 cm³/mol. The maximum atomic E-state index is 11.4. The van der Waals surface area contributed by atoms with E-state index in [0.717, 1.165) is 0 Å². The van der Waals surface area contributed by atoms with Crippen LogP contribution in [-0.2, 0) is 9.53 Å². The molecule has 1 rings (SSSR count). The zero-order chi connectivity index (χ0) is 12.8. The van der Waals surface area contributed by atoms with Crippen LogP contribution in [0.3, 0.4) is 0 Å². The summed E-state index contributed by atoms with van der Waals surface area (Å²) in [5.41, 5.74) is 2.44. The molecule has 1 atom stereocenters. The van der Waals surface area contributed by atoms with Gasteiger partial charge in [-0.2, -0.15) is 0 Å². The quantitative estimate of drug-likeness (QED) is 0.797. The third-order valence-corrected chi connectivity index (χ3v) is 2.57. The van der Waals surface area contributed by atoms with Gasteiger partial charge >= 0.3 is 5.97 Å². The van der Waals surface area contributed by atoms with Crippen LogP contribution in [-0.4, -0.2) is 18.6 Å². The molecule has 94 valence electrons. The number of rotatable bonds is 5. The minimum Gasteiger partial charge on any atom is -0.462 e. The summed E-state index contributed by atoms with van der Waals surface area (Å²) in [5.74, 6) is -0.208. The smallest absolute Gasteiger partial charge is 0.320 e. The molecule has 1 aromatic rings. The van der Waals surface area contributed by atoms with E-state index in [1.807, 2.05) is 32.9 Å². The second kappa shape index (κ2) is 6.40. The third kappa shape index (κ3) is 4.57. The van der Waals surface area contributed by atoms with Crippen LogP contribution >= 0.6 is 0 Å². The first-order valence-electron chi connectivity index (χ1n) is 5.99. The van der Waals surface area contributed by atoms with E-state index < -0.39 is 0 Å². The molecule has 0 amide bonds.